The summed E-state index contributed by atoms with van der Waals surface area (Å²) in [6.07, 6.45) is 1.79. The summed E-state index contributed by atoms with van der Waals surface area (Å²) in [5.41, 5.74) is 4.24. The van der Waals surface area contributed by atoms with Crippen LogP contribution in [-0.4, -0.2) is 17.0 Å². The van der Waals surface area contributed by atoms with E-state index in [2.05, 4.69) is 31.0 Å². The van der Waals surface area contributed by atoms with Gasteiger partial charge >= 0.3 is 0 Å². The molecular weight excluding hydrogens is 310 g/mol. The molecule has 0 aliphatic rings. The lowest BCUT2D eigenvalue weighted by Crippen LogP contribution is -2.16. The van der Waals surface area contributed by atoms with Gasteiger partial charge in [0.1, 0.15) is 24.0 Å². The molecule has 0 aliphatic heterocycles. The van der Waals surface area contributed by atoms with Gasteiger partial charge in [-0.25, -0.2) is 9.97 Å². The van der Waals surface area contributed by atoms with Crippen LogP contribution in [0, 0.1) is 20.8 Å². The van der Waals surface area contributed by atoms with Gasteiger partial charge in [-0.05, 0) is 49.6 Å². The van der Waals surface area contributed by atoms with Crippen LogP contribution in [0.1, 0.15) is 22.4 Å². The summed E-state index contributed by atoms with van der Waals surface area (Å²) >= 11 is 0. The second-order valence-electron chi connectivity index (χ2n) is 6.12. The van der Waals surface area contributed by atoms with E-state index < -0.39 is 0 Å². The Morgan fingerprint density at radius 2 is 1.64 bits per heavy atom. The van der Waals surface area contributed by atoms with Crippen LogP contribution in [-0.2, 0) is 6.61 Å². The first-order valence-corrected chi connectivity index (χ1v) is 8.37. The Hall–Kier alpha value is -2.88. The molecule has 25 heavy (non-hydrogen) atoms. The number of rotatable bonds is 5. The van der Waals surface area contributed by atoms with Crippen LogP contribution >= 0.6 is 0 Å². The van der Waals surface area contributed by atoms with E-state index in [9.17, 15) is 0 Å². The number of aryl methyl sites for hydroxylation is 1. The van der Waals surface area contributed by atoms with Crippen LogP contribution in [0.25, 0.3) is 0 Å². The predicted molar refractivity (Wildman–Crippen MR) is 102 cm³/mol. The van der Waals surface area contributed by atoms with Crippen molar-refractivity contribution in [2.45, 2.75) is 27.4 Å². The third-order valence-corrected chi connectivity index (χ3v) is 4.38. The van der Waals surface area contributed by atoms with Gasteiger partial charge in [0.2, 0.25) is 0 Å². The van der Waals surface area contributed by atoms with Crippen LogP contribution in [0.15, 0.2) is 54.7 Å². The minimum Gasteiger partial charge on any atom is -0.487 e. The van der Waals surface area contributed by atoms with Gasteiger partial charge in [0.05, 0.1) is 5.69 Å². The second-order valence-corrected chi connectivity index (χ2v) is 6.12. The van der Waals surface area contributed by atoms with Crippen LogP contribution < -0.4 is 9.64 Å². The highest BCUT2D eigenvalue weighted by Crippen LogP contribution is 2.33. The minimum absolute atomic E-state index is 0.541. The first-order valence-electron chi connectivity index (χ1n) is 8.37. The summed E-state index contributed by atoms with van der Waals surface area (Å²) in [7, 11) is 1.99. The number of nitrogens with zero attached hydrogens (tertiary/aromatic N) is 3. The highest BCUT2D eigenvalue weighted by molar-refractivity contribution is 5.63. The summed E-state index contributed by atoms with van der Waals surface area (Å²) in [6.45, 7) is 6.69. The summed E-state index contributed by atoms with van der Waals surface area (Å²) in [4.78, 5) is 11.2. The molecule has 2 heterocycles. The van der Waals surface area contributed by atoms with Gasteiger partial charge in [-0.15, -0.1) is 0 Å². The number of benzene rings is 1. The lowest BCUT2D eigenvalue weighted by atomic mass is 10.1. The molecule has 0 unspecified atom stereocenters. The predicted octanol–water partition coefficient (Wildman–Crippen LogP) is 4.75. The van der Waals surface area contributed by atoms with Crippen LogP contribution in [0.2, 0.25) is 0 Å². The Balaban J connectivity index is 1.89. The molecule has 0 amide bonds. The Bertz CT molecular complexity index is 848. The lowest BCUT2D eigenvalue weighted by Gasteiger charge is -2.23. The molecule has 0 N–H and O–H groups in total. The molecule has 128 valence electrons. The molecule has 3 rings (SSSR count). The van der Waals surface area contributed by atoms with E-state index in [-0.39, 0.29) is 0 Å². The molecule has 0 saturated heterocycles. The maximum absolute atomic E-state index is 6.08. The molecule has 4 nitrogen and oxygen atoms in total. The Kier molecular flexibility index (Phi) is 4.98. The zero-order chi connectivity index (χ0) is 17.8. The Morgan fingerprint density at radius 1 is 0.920 bits per heavy atom. The topological polar surface area (TPSA) is 38.2 Å². The smallest absolute Gasteiger partial charge is 0.144 e. The van der Waals surface area contributed by atoms with Crippen molar-refractivity contribution in [2.75, 3.05) is 11.9 Å². The fourth-order valence-corrected chi connectivity index (χ4v) is 2.83. The Labute approximate surface area is 149 Å². The molecule has 0 atom stereocenters. The van der Waals surface area contributed by atoms with E-state index >= 15 is 0 Å². The van der Waals surface area contributed by atoms with Gasteiger partial charge in [-0.2, -0.15) is 0 Å². The van der Waals surface area contributed by atoms with Gasteiger partial charge in [0.25, 0.3) is 0 Å². The highest BCUT2D eigenvalue weighted by Gasteiger charge is 2.17. The molecule has 0 spiro atoms. The van der Waals surface area contributed by atoms with Crippen LogP contribution in [0.3, 0.4) is 0 Å². The summed E-state index contributed by atoms with van der Waals surface area (Å²) in [5.74, 6) is 2.63. The van der Waals surface area contributed by atoms with E-state index in [1.165, 1.54) is 0 Å². The molecule has 4 heteroatoms. The number of pyridine rings is 2. The van der Waals surface area contributed by atoms with Crippen molar-refractivity contribution in [3.8, 4) is 5.75 Å². The second kappa shape index (κ2) is 7.34. The first kappa shape index (κ1) is 17.0. The summed E-state index contributed by atoms with van der Waals surface area (Å²) in [5, 5.41) is 0. The molecule has 3 aromatic rings. The average molecular weight is 333 g/mol. The largest absolute Gasteiger partial charge is 0.487 e. The standard InChI is InChI=1S/C21H23N3O/c1-15-16(2)21(24(4)19-12-8-9-13-22-19)23-17(3)20(15)25-14-18-10-6-5-7-11-18/h5-13H,14H2,1-4H3. The zero-order valence-corrected chi connectivity index (χ0v) is 15.2. The average Bonchev–Trinajstić information content (AvgIpc) is 2.65. The van der Waals surface area contributed by atoms with E-state index in [0.29, 0.717) is 6.61 Å². The number of hydrogen-bond acceptors (Lipinski definition) is 4. The van der Waals surface area contributed by atoms with E-state index in [0.717, 1.165) is 39.8 Å². The van der Waals surface area contributed by atoms with Crippen molar-refractivity contribution < 1.29 is 4.74 Å². The normalized spacial score (nSPS) is 10.6. The minimum atomic E-state index is 0.541. The molecule has 0 saturated carbocycles. The monoisotopic (exact) mass is 333 g/mol. The van der Waals surface area contributed by atoms with Gasteiger partial charge in [-0.1, -0.05) is 36.4 Å². The maximum Gasteiger partial charge on any atom is 0.144 e. The molecule has 0 aliphatic carbocycles. The highest BCUT2D eigenvalue weighted by atomic mass is 16.5. The fourth-order valence-electron chi connectivity index (χ4n) is 2.83. The quantitative estimate of drug-likeness (QED) is 0.675. The molecule has 0 bridgehead atoms. The van der Waals surface area contributed by atoms with Crippen LogP contribution in [0.4, 0.5) is 11.6 Å². The van der Waals surface area contributed by atoms with Crippen molar-refractivity contribution in [1.82, 2.24) is 9.97 Å². The first-order chi connectivity index (χ1) is 12.1. The summed E-state index contributed by atoms with van der Waals surface area (Å²) in [6, 6.07) is 16.0. The molecule has 0 fully saturated rings. The molecule has 2 aromatic heterocycles. The van der Waals surface area contributed by atoms with E-state index in [1.54, 1.807) is 6.20 Å². The summed E-state index contributed by atoms with van der Waals surface area (Å²) < 4.78 is 6.08. The van der Waals surface area contributed by atoms with Crippen molar-refractivity contribution >= 4 is 11.6 Å². The van der Waals surface area contributed by atoms with Gasteiger partial charge in [-0.3, -0.25) is 0 Å². The van der Waals surface area contributed by atoms with Gasteiger partial charge in [0.15, 0.2) is 0 Å². The third-order valence-electron chi connectivity index (χ3n) is 4.38. The van der Waals surface area contributed by atoms with E-state index in [4.69, 9.17) is 9.72 Å². The number of aromatic nitrogens is 2. The number of anilines is 2. The number of ether oxygens (including phenoxy) is 1. The lowest BCUT2D eigenvalue weighted by molar-refractivity contribution is 0.300. The van der Waals surface area contributed by atoms with Crippen LogP contribution in [0.5, 0.6) is 5.75 Å². The molecule has 0 radical (unpaired) electrons. The zero-order valence-electron chi connectivity index (χ0n) is 15.2. The van der Waals surface area contributed by atoms with Crippen molar-refractivity contribution in [3.05, 3.63) is 77.1 Å². The van der Waals surface area contributed by atoms with Gasteiger partial charge < -0.3 is 9.64 Å². The molecular formula is C21H23N3O. The van der Waals surface area contributed by atoms with E-state index in [1.807, 2.05) is 55.3 Å². The fraction of sp³-hybridized carbons (Fsp3) is 0.238. The maximum atomic E-state index is 6.08. The molecule has 1 aromatic carbocycles. The van der Waals surface area contributed by atoms with Gasteiger partial charge in [0, 0.05) is 13.2 Å². The van der Waals surface area contributed by atoms with Crippen molar-refractivity contribution in [3.63, 3.8) is 0 Å². The Morgan fingerprint density at radius 3 is 2.32 bits per heavy atom. The third kappa shape index (κ3) is 3.63. The SMILES string of the molecule is Cc1nc(N(C)c2ccccn2)c(C)c(C)c1OCc1ccccc1. The number of hydrogen-bond donors (Lipinski definition) is 0. The van der Waals surface area contributed by atoms with Crippen molar-refractivity contribution in [2.24, 2.45) is 0 Å². The van der Waals surface area contributed by atoms with Crippen molar-refractivity contribution in [1.29, 1.82) is 0 Å².